The minimum absolute atomic E-state index is 0.210. The summed E-state index contributed by atoms with van der Waals surface area (Å²) in [6.07, 6.45) is 0. The molecule has 2 unspecified atom stereocenters. The van der Waals surface area contributed by atoms with E-state index in [-0.39, 0.29) is 11.8 Å². The first-order chi connectivity index (χ1) is 7.58. The molecule has 2 aromatic heterocycles. The number of nitrogens with zero attached hydrogens (tertiary/aromatic N) is 4. The van der Waals surface area contributed by atoms with E-state index in [1.807, 2.05) is 0 Å². The van der Waals surface area contributed by atoms with Crippen molar-refractivity contribution in [2.45, 2.75) is 25.7 Å². The smallest absolute Gasteiger partial charge is 0.203 e. The first-order valence-electron chi connectivity index (χ1n) is 4.75. The maximum Gasteiger partial charge on any atom is 0.203 e. The van der Waals surface area contributed by atoms with Crippen molar-refractivity contribution >= 4 is 32.9 Å². The molecular weight excluding hydrogens is 244 g/mol. The monoisotopic (exact) mass is 256 g/mol. The Bertz CT molecular complexity index is 434. The Labute approximate surface area is 101 Å². The largest absolute Gasteiger partial charge is 0.374 e. The maximum atomic E-state index is 5.56. The van der Waals surface area contributed by atoms with Crippen LogP contribution in [0.4, 0.5) is 10.3 Å². The molecule has 0 aliphatic rings. The van der Waals surface area contributed by atoms with E-state index in [9.17, 15) is 0 Å². The van der Waals surface area contributed by atoms with Gasteiger partial charge in [-0.2, -0.15) is 0 Å². The zero-order chi connectivity index (χ0) is 11.7. The predicted molar refractivity (Wildman–Crippen MR) is 65.5 cm³/mol. The molecule has 0 saturated heterocycles. The summed E-state index contributed by atoms with van der Waals surface area (Å²) in [4.78, 5) is 0. The second kappa shape index (κ2) is 4.30. The van der Waals surface area contributed by atoms with Crippen molar-refractivity contribution in [1.29, 1.82) is 0 Å². The summed E-state index contributed by atoms with van der Waals surface area (Å²) in [7, 11) is 0. The van der Waals surface area contributed by atoms with Crippen molar-refractivity contribution in [3.8, 4) is 0 Å². The number of hydrogen-bond donors (Lipinski definition) is 2. The molecule has 4 N–H and O–H groups in total. The highest BCUT2D eigenvalue weighted by Crippen LogP contribution is 2.35. The molecule has 2 rings (SSSR count). The average Bonchev–Trinajstić information content (AvgIpc) is 2.85. The molecule has 0 aliphatic heterocycles. The lowest BCUT2D eigenvalue weighted by atomic mass is 9.98. The molecule has 8 heteroatoms. The minimum atomic E-state index is 0.210. The third-order valence-electron chi connectivity index (χ3n) is 2.44. The highest BCUT2D eigenvalue weighted by atomic mass is 32.1. The number of rotatable bonds is 3. The molecular formula is C8H12N6S2. The Morgan fingerprint density at radius 3 is 1.44 bits per heavy atom. The number of anilines is 2. The number of hydrogen-bond acceptors (Lipinski definition) is 8. The van der Waals surface area contributed by atoms with Gasteiger partial charge in [0.1, 0.15) is 10.0 Å². The fourth-order valence-electron chi connectivity index (χ4n) is 1.29. The van der Waals surface area contributed by atoms with E-state index in [1.165, 1.54) is 22.7 Å². The molecule has 0 saturated carbocycles. The van der Waals surface area contributed by atoms with Crippen molar-refractivity contribution < 1.29 is 0 Å². The SMILES string of the molecule is CC(c1nnc(N)s1)C(C)c1nnc(N)s1. The van der Waals surface area contributed by atoms with E-state index in [0.29, 0.717) is 10.3 Å². The first kappa shape index (κ1) is 11.2. The van der Waals surface area contributed by atoms with Crippen molar-refractivity contribution in [2.75, 3.05) is 11.5 Å². The van der Waals surface area contributed by atoms with Crippen LogP contribution in [0, 0.1) is 0 Å². The summed E-state index contributed by atoms with van der Waals surface area (Å²) >= 11 is 2.81. The van der Waals surface area contributed by atoms with E-state index in [0.717, 1.165) is 10.0 Å². The van der Waals surface area contributed by atoms with Gasteiger partial charge in [0.05, 0.1) is 0 Å². The molecule has 0 aliphatic carbocycles. The van der Waals surface area contributed by atoms with Gasteiger partial charge < -0.3 is 11.5 Å². The Morgan fingerprint density at radius 1 is 0.812 bits per heavy atom. The molecule has 0 bridgehead atoms. The molecule has 0 aromatic carbocycles. The topological polar surface area (TPSA) is 104 Å². The summed E-state index contributed by atoms with van der Waals surface area (Å²) in [5, 5.41) is 18.5. The Hall–Kier alpha value is -1.28. The van der Waals surface area contributed by atoms with Gasteiger partial charge in [0.15, 0.2) is 0 Å². The van der Waals surface area contributed by atoms with E-state index < -0.39 is 0 Å². The molecule has 0 radical (unpaired) electrons. The zero-order valence-electron chi connectivity index (χ0n) is 8.91. The van der Waals surface area contributed by atoms with Gasteiger partial charge in [0.25, 0.3) is 0 Å². The average molecular weight is 256 g/mol. The highest BCUT2D eigenvalue weighted by Gasteiger charge is 2.22. The Balaban J connectivity index is 2.19. The molecule has 2 aromatic rings. The van der Waals surface area contributed by atoms with E-state index >= 15 is 0 Å². The quantitative estimate of drug-likeness (QED) is 0.861. The van der Waals surface area contributed by atoms with Gasteiger partial charge in [0, 0.05) is 11.8 Å². The third kappa shape index (κ3) is 2.12. The van der Waals surface area contributed by atoms with Gasteiger partial charge in [-0.25, -0.2) is 0 Å². The molecule has 0 spiro atoms. The summed E-state index contributed by atoms with van der Waals surface area (Å²) in [5.74, 6) is 0.421. The van der Waals surface area contributed by atoms with Crippen LogP contribution in [0.1, 0.15) is 35.7 Å². The molecule has 2 atom stereocenters. The van der Waals surface area contributed by atoms with Crippen molar-refractivity contribution in [2.24, 2.45) is 0 Å². The predicted octanol–water partition coefficient (Wildman–Crippen LogP) is 1.46. The summed E-state index contributed by atoms with van der Waals surface area (Å²) in [6.45, 7) is 4.14. The summed E-state index contributed by atoms with van der Waals surface area (Å²) in [5.41, 5.74) is 11.1. The van der Waals surface area contributed by atoms with Gasteiger partial charge >= 0.3 is 0 Å². The van der Waals surface area contributed by atoms with Crippen LogP contribution in [-0.2, 0) is 0 Å². The van der Waals surface area contributed by atoms with Crippen molar-refractivity contribution in [3.05, 3.63) is 10.0 Å². The molecule has 86 valence electrons. The molecule has 16 heavy (non-hydrogen) atoms. The fraction of sp³-hybridized carbons (Fsp3) is 0.500. The number of nitrogen functional groups attached to an aromatic ring is 2. The van der Waals surface area contributed by atoms with Crippen LogP contribution in [0.3, 0.4) is 0 Å². The Kier molecular flexibility index (Phi) is 3.01. The van der Waals surface area contributed by atoms with Gasteiger partial charge in [0.2, 0.25) is 10.3 Å². The van der Waals surface area contributed by atoms with Crippen LogP contribution in [-0.4, -0.2) is 20.4 Å². The molecule has 2 heterocycles. The molecule has 0 amide bonds. The van der Waals surface area contributed by atoms with Crippen LogP contribution in [0.5, 0.6) is 0 Å². The van der Waals surface area contributed by atoms with Gasteiger partial charge in [-0.1, -0.05) is 36.5 Å². The minimum Gasteiger partial charge on any atom is -0.374 e. The summed E-state index contributed by atoms with van der Waals surface area (Å²) in [6, 6.07) is 0. The van der Waals surface area contributed by atoms with Crippen LogP contribution >= 0.6 is 22.7 Å². The van der Waals surface area contributed by atoms with Crippen LogP contribution < -0.4 is 11.5 Å². The third-order valence-corrected chi connectivity index (χ3v) is 4.35. The maximum absolute atomic E-state index is 5.56. The standard InChI is InChI=1S/C8H12N6S2/c1-3(5-11-13-7(9)15-5)4(2)6-12-14-8(10)16-6/h3-4H,1-2H3,(H2,9,13)(H2,10,14). The lowest BCUT2D eigenvalue weighted by Gasteiger charge is -2.13. The molecule has 0 fully saturated rings. The lowest BCUT2D eigenvalue weighted by Crippen LogP contribution is -2.04. The number of nitrogens with two attached hydrogens (primary N) is 2. The van der Waals surface area contributed by atoms with Crippen molar-refractivity contribution in [3.63, 3.8) is 0 Å². The van der Waals surface area contributed by atoms with Crippen molar-refractivity contribution in [1.82, 2.24) is 20.4 Å². The fourth-order valence-corrected chi connectivity index (χ4v) is 2.82. The van der Waals surface area contributed by atoms with E-state index in [2.05, 4.69) is 34.2 Å². The van der Waals surface area contributed by atoms with Gasteiger partial charge in [-0.05, 0) is 0 Å². The Morgan fingerprint density at radius 2 is 1.19 bits per heavy atom. The summed E-state index contributed by atoms with van der Waals surface area (Å²) < 4.78 is 0. The highest BCUT2D eigenvalue weighted by molar-refractivity contribution is 7.15. The molecule has 6 nitrogen and oxygen atoms in total. The lowest BCUT2D eigenvalue weighted by molar-refractivity contribution is 0.605. The first-order valence-corrected chi connectivity index (χ1v) is 6.39. The number of aromatic nitrogens is 4. The van der Waals surface area contributed by atoms with Crippen LogP contribution in [0.15, 0.2) is 0 Å². The van der Waals surface area contributed by atoms with Crippen LogP contribution in [0.2, 0.25) is 0 Å². The van der Waals surface area contributed by atoms with Gasteiger partial charge in [-0.3, -0.25) is 0 Å². The zero-order valence-corrected chi connectivity index (χ0v) is 10.5. The van der Waals surface area contributed by atoms with E-state index in [1.54, 1.807) is 0 Å². The second-order valence-corrected chi connectivity index (χ2v) is 5.62. The normalized spacial score (nSPS) is 14.9. The second-order valence-electron chi connectivity index (χ2n) is 3.53. The van der Waals surface area contributed by atoms with E-state index in [4.69, 9.17) is 11.5 Å². The van der Waals surface area contributed by atoms with Crippen LogP contribution in [0.25, 0.3) is 0 Å². The van der Waals surface area contributed by atoms with Gasteiger partial charge in [-0.15, -0.1) is 20.4 Å².